The maximum absolute atomic E-state index is 10.8. The number of esters is 1. The molecule has 0 fully saturated rings. The molecule has 0 unspecified atom stereocenters. The lowest BCUT2D eigenvalue weighted by molar-refractivity contribution is 0.0730. The van der Waals surface area contributed by atoms with Crippen molar-refractivity contribution < 1.29 is 9.53 Å². The van der Waals surface area contributed by atoms with Crippen molar-refractivity contribution in [2.45, 2.75) is 0 Å². The summed E-state index contributed by atoms with van der Waals surface area (Å²) in [5, 5.41) is 14.0. The predicted octanol–water partition coefficient (Wildman–Crippen LogP) is -0.633. The van der Waals surface area contributed by atoms with Crippen molar-refractivity contribution >= 4 is 11.9 Å². The number of ether oxygens (including phenoxy) is 1. The number of hydrogen-bond acceptors (Lipinski definition) is 6. The van der Waals surface area contributed by atoms with E-state index in [1.807, 2.05) is 0 Å². The van der Waals surface area contributed by atoms with Crippen LogP contribution in [0.1, 0.15) is 16.2 Å². The third kappa shape index (κ3) is 0.689. The minimum Gasteiger partial charge on any atom is -0.401 e. The lowest BCUT2D eigenvalue weighted by atomic mass is 10.3. The number of carbonyl (C=O) groups excluding carboxylic acids is 1. The van der Waals surface area contributed by atoms with Gasteiger partial charge in [-0.1, -0.05) is 0 Å². The Kier molecular flexibility index (Phi) is 0.974. The number of nitrogens with zero attached hydrogens (tertiary/aromatic N) is 3. The number of aromatic nitrogens is 3. The van der Waals surface area contributed by atoms with Crippen molar-refractivity contribution in [3.8, 4) is 0 Å². The van der Waals surface area contributed by atoms with Gasteiger partial charge in [0.2, 0.25) is 5.90 Å². The van der Waals surface area contributed by atoms with Gasteiger partial charge < -0.3 is 4.74 Å². The quantitative estimate of drug-likeness (QED) is 0.497. The molecule has 0 amide bonds. The van der Waals surface area contributed by atoms with Crippen molar-refractivity contribution in [1.29, 1.82) is 5.41 Å². The van der Waals surface area contributed by atoms with Crippen LogP contribution in [0.3, 0.4) is 0 Å². The molecule has 0 spiro atoms. The molecule has 6 heteroatoms. The maximum atomic E-state index is 10.8. The van der Waals surface area contributed by atoms with Crippen LogP contribution in [0.2, 0.25) is 0 Å². The number of fused-ring (bicyclic) bond motifs is 1. The van der Waals surface area contributed by atoms with Gasteiger partial charge in [0.1, 0.15) is 6.33 Å². The summed E-state index contributed by atoms with van der Waals surface area (Å²) < 4.78 is 4.41. The molecule has 0 radical (unpaired) electrons. The van der Waals surface area contributed by atoms with Crippen LogP contribution in [0.4, 0.5) is 0 Å². The molecule has 1 aliphatic heterocycles. The third-order valence-corrected chi connectivity index (χ3v) is 1.22. The molecule has 54 valence electrons. The first kappa shape index (κ1) is 5.90. The Morgan fingerprint density at radius 2 is 2.27 bits per heavy atom. The molecule has 0 aromatic carbocycles. The molecule has 0 saturated heterocycles. The van der Waals surface area contributed by atoms with Gasteiger partial charge in [-0.05, 0) is 0 Å². The van der Waals surface area contributed by atoms with Crippen LogP contribution < -0.4 is 0 Å². The SMILES string of the molecule is N=C1OC(=O)c2ncnnc21. The average Bonchev–Trinajstić information content (AvgIpc) is 2.30. The first-order chi connectivity index (χ1) is 5.29. The molecule has 1 N–H and O–H groups in total. The topological polar surface area (TPSA) is 88.8 Å². The van der Waals surface area contributed by atoms with Crippen molar-refractivity contribution in [1.82, 2.24) is 15.2 Å². The van der Waals surface area contributed by atoms with Gasteiger partial charge in [0, 0.05) is 0 Å². The van der Waals surface area contributed by atoms with Gasteiger partial charge in [0.25, 0.3) is 0 Å². The van der Waals surface area contributed by atoms with Gasteiger partial charge in [-0.25, -0.2) is 9.78 Å². The van der Waals surface area contributed by atoms with Crippen molar-refractivity contribution in [3.63, 3.8) is 0 Å². The summed E-state index contributed by atoms with van der Waals surface area (Å²) in [4.78, 5) is 14.4. The van der Waals surface area contributed by atoms with Gasteiger partial charge in [0.05, 0.1) is 0 Å². The number of rotatable bonds is 0. The number of cyclic esters (lactones) is 1. The minimum atomic E-state index is -0.639. The fraction of sp³-hybridized carbons (Fsp3) is 0. The van der Waals surface area contributed by atoms with E-state index < -0.39 is 5.97 Å². The van der Waals surface area contributed by atoms with Gasteiger partial charge in [0.15, 0.2) is 11.4 Å². The fourth-order valence-corrected chi connectivity index (χ4v) is 0.767. The van der Waals surface area contributed by atoms with E-state index in [0.717, 1.165) is 6.33 Å². The van der Waals surface area contributed by atoms with Crippen LogP contribution in [0.25, 0.3) is 0 Å². The molecule has 1 aliphatic rings. The van der Waals surface area contributed by atoms with E-state index in [9.17, 15) is 4.79 Å². The van der Waals surface area contributed by atoms with Gasteiger partial charge in [-0.15, -0.1) is 10.2 Å². The molecule has 1 aromatic heterocycles. The summed E-state index contributed by atoms with van der Waals surface area (Å²) in [6.45, 7) is 0. The van der Waals surface area contributed by atoms with Crippen LogP contribution in [-0.2, 0) is 4.74 Å². The third-order valence-electron chi connectivity index (χ3n) is 1.22. The Morgan fingerprint density at radius 3 is 3.00 bits per heavy atom. The van der Waals surface area contributed by atoms with Gasteiger partial charge in [-0.2, -0.15) is 0 Å². The second-order valence-corrected chi connectivity index (χ2v) is 1.88. The Hall–Kier alpha value is -1.85. The van der Waals surface area contributed by atoms with E-state index in [0.29, 0.717) is 0 Å². The fourth-order valence-electron chi connectivity index (χ4n) is 0.767. The van der Waals surface area contributed by atoms with Crippen molar-refractivity contribution in [2.75, 3.05) is 0 Å². The highest BCUT2D eigenvalue weighted by Crippen LogP contribution is 2.12. The average molecular weight is 150 g/mol. The lowest BCUT2D eigenvalue weighted by Gasteiger charge is -1.85. The molecule has 2 rings (SSSR count). The van der Waals surface area contributed by atoms with Crippen LogP contribution in [0.15, 0.2) is 6.33 Å². The normalized spacial score (nSPS) is 14.5. The summed E-state index contributed by atoms with van der Waals surface area (Å²) in [5.74, 6) is -0.925. The monoisotopic (exact) mass is 150 g/mol. The second-order valence-electron chi connectivity index (χ2n) is 1.88. The van der Waals surface area contributed by atoms with E-state index in [-0.39, 0.29) is 17.3 Å². The summed E-state index contributed by atoms with van der Waals surface area (Å²) in [7, 11) is 0. The molecule has 11 heavy (non-hydrogen) atoms. The van der Waals surface area contributed by atoms with Crippen LogP contribution in [0.5, 0.6) is 0 Å². The zero-order valence-corrected chi connectivity index (χ0v) is 5.24. The number of nitrogens with one attached hydrogen (secondary N) is 1. The first-order valence-electron chi connectivity index (χ1n) is 2.78. The predicted molar refractivity (Wildman–Crippen MR) is 32.1 cm³/mol. The highest BCUT2D eigenvalue weighted by atomic mass is 16.5. The summed E-state index contributed by atoms with van der Waals surface area (Å²) in [6, 6.07) is 0. The van der Waals surface area contributed by atoms with Crippen molar-refractivity contribution in [2.24, 2.45) is 0 Å². The first-order valence-corrected chi connectivity index (χ1v) is 2.78. The highest BCUT2D eigenvalue weighted by Gasteiger charge is 2.29. The van der Waals surface area contributed by atoms with E-state index in [1.54, 1.807) is 0 Å². The van der Waals surface area contributed by atoms with E-state index in [1.165, 1.54) is 0 Å². The molecule has 0 aliphatic carbocycles. The second kappa shape index (κ2) is 1.82. The Labute approximate surface area is 60.7 Å². The molecular weight excluding hydrogens is 148 g/mol. The summed E-state index contributed by atoms with van der Waals surface area (Å²) in [6.07, 6.45) is 1.14. The Morgan fingerprint density at radius 1 is 1.45 bits per heavy atom. The van der Waals surface area contributed by atoms with E-state index >= 15 is 0 Å². The van der Waals surface area contributed by atoms with Gasteiger partial charge >= 0.3 is 5.97 Å². The molecule has 0 atom stereocenters. The number of carbonyl (C=O) groups is 1. The Bertz CT molecular complexity index is 315. The zero-order chi connectivity index (χ0) is 7.84. The molecule has 0 bridgehead atoms. The largest absolute Gasteiger partial charge is 0.401 e. The molecule has 0 saturated carbocycles. The summed E-state index contributed by atoms with van der Waals surface area (Å²) >= 11 is 0. The van der Waals surface area contributed by atoms with Gasteiger partial charge in [-0.3, -0.25) is 5.41 Å². The van der Waals surface area contributed by atoms with E-state index in [4.69, 9.17) is 5.41 Å². The highest BCUT2D eigenvalue weighted by molar-refractivity contribution is 6.13. The minimum absolute atomic E-state index is 0.0602. The van der Waals surface area contributed by atoms with Crippen LogP contribution in [-0.4, -0.2) is 27.0 Å². The molecule has 2 heterocycles. The smallest absolute Gasteiger partial charge is 0.366 e. The lowest BCUT2D eigenvalue weighted by Crippen LogP contribution is -1.99. The van der Waals surface area contributed by atoms with Crippen molar-refractivity contribution in [3.05, 3.63) is 17.7 Å². The number of hydrogen-bond donors (Lipinski definition) is 1. The van der Waals surface area contributed by atoms with Crippen LogP contribution in [0, 0.1) is 5.41 Å². The zero-order valence-electron chi connectivity index (χ0n) is 5.24. The molecular formula is C5H2N4O2. The Balaban J connectivity index is 2.69. The maximum Gasteiger partial charge on any atom is 0.366 e. The molecule has 1 aromatic rings. The molecule has 6 nitrogen and oxygen atoms in total. The van der Waals surface area contributed by atoms with Crippen LogP contribution >= 0.6 is 0 Å². The van der Waals surface area contributed by atoms with E-state index in [2.05, 4.69) is 19.9 Å². The standard InChI is InChI=1S/C5H2N4O2/c6-4-2-3(5(10)11-4)7-1-8-9-2/h1,6H. The summed E-state index contributed by atoms with van der Waals surface area (Å²) in [5.41, 5.74) is 0.169.